The first-order valence-corrected chi connectivity index (χ1v) is 7.81. The molecular formula is C15H21BrN2O2. The van der Waals surface area contributed by atoms with Crippen molar-refractivity contribution in [2.45, 2.75) is 31.9 Å². The molecule has 0 aromatic heterocycles. The third-order valence-corrected chi connectivity index (χ3v) is 3.92. The van der Waals surface area contributed by atoms with Gasteiger partial charge in [-0.1, -0.05) is 28.1 Å². The summed E-state index contributed by atoms with van der Waals surface area (Å²) in [6.45, 7) is 4.06. The van der Waals surface area contributed by atoms with Crippen LogP contribution in [0.15, 0.2) is 28.7 Å². The van der Waals surface area contributed by atoms with Gasteiger partial charge in [0.25, 0.3) is 5.91 Å². The highest BCUT2D eigenvalue weighted by Crippen LogP contribution is 2.12. The molecule has 0 bridgehead atoms. The number of carbonyl (C=O) groups excluding carboxylic acids is 1. The fraction of sp³-hybridized carbons (Fsp3) is 0.533. The average Bonchev–Trinajstić information content (AvgIpc) is 2.47. The zero-order valence-corrected chi connectivity index (χ0v) is 13.3. The lowest BCUT2D eigenvalue weighted by Gasteiger charge is -2.24. The molecule has 110 valence electrons. The molecule has 2 atom stereocenters. The lowest BCUT2D eigenvalue weighted by atomic mass is 10.1. The zero-order valence-electron chi connectivity index (χ0n) is 11.7. The Hall–Kier alpha value is -0.910. The summed E-state index contributed by atoms with van der Waals surface area (Å²) < 4.78 is 6.52. The van der Waals surface area contributed by atoms with E-state index in [4.69, 9.17) is 4.74 Å². The smallest absolute Gasteiger partial charge is 0.250 e. The highest BCUT2D eigenvalue weighted by molar-refractivity contribution is 9.10. The monoisotopic (exact) mass is 340 g/mol. The summed E-state index contributed by atoms with van der Waals surface area (Å²) in [6, 6.07) is 8.44. The van der Waals surface area contributed by atoms with Crippen molar-refractivity contribution in [1.82, 2.24) is 10.6 Å². The standard InChI is InChI=1S/C15H21BrN2O2/c1-11(2-3-12-4-6-13(16)7-5-12)18-15(19)14-10-17-8-9-20-14/h4-7,11,14,17H,2-3,8-10H2,1H3,(H,18,19). The fourth-order valence-electron chi connectivity index (χ4n) is 2.18. The van der Waals surface area contributed by atoms with Gasteiger partial charge >= 0.3 is 0 Å². The van der Waals surface area contributed by atoms with Gasteiger partial charge < -0.3 is 15.4 Å². The van der Waals surface area contributed by atoms with E-state index in [0.717, 1.165) is 23.9 Å². The Kier molecular flexibility index (Phi) is 6.01. The van der Waals surface area contributed by atoms with Crippen molar-refractivity contribution in [2.24, 2.45) is 0 Å². The molecule has 0 aliphatic carbocycles. The van der Waals surface area contributed by atoms with Gasteiger partial charge in [0, 0.05) is 23.6 Å². The van der Waals surface area contributed by atoms with E-state index in [1.807, 2.05) is 19.1 Å². The van der Waals surface area contributed by atoms with Crippen molar-refractivity contribution in [1.29, 1.82) is 0 Å². The van der Waals surface area contributed by atoms with Gasteiger partial charge in [-0.25, -0.2) is 0 Å². The van der Waals surface area contributed by atoms with E-state index in [-0.39, 0.29) is 18.1 Å². The van der Waals surface area contributed by atoms with Gasteiger partial charge in [-0.2, -0.15) is 0 Å². The summed E-state index contributed by atoms with van der Waals surface area (Å²) in [5, 5.41) is 6.18. The normalized spacial score (nSPS) is 20.4. The van der Waals surface area contributed by atoms with Crippen molar-refractivity contribution in [3.8, 4) is 0 Å². The molecule has 0 spiro atoms. The molecule has 2 N–H and O–H groups in total. The van der Waals surface area contributed by atoms with Gasteiger partial charge in [0.05, 0.1) is 6.61 Å². The van der Waals surface area contributed by atoms with Gasteiger partial charge in [0.2, 0.25) is 0 Å². The van der Waals surface area contributed by atoms with E-state index >= 15 is 0 Å². The quantitative estimate of drug-likeness (QED) is 0.860. The van der Waals surface area contributed by atoms with Gasteiger partial charge in [0.15, 0.2) is 0 Å². The molecule has 1 fully saturated rings. The van der Waals surface area contributed by atoms with E-state index in [0.29, 0.717) is 13.2 Å². The van der Waals surface area contributed by atoms with Crippen LogP contribution in [0.25, 0.3) is 0 Å². The minimum atomic E-state index is -0.348. The van der Waals surface area contributed by atoms with Gasteiger partial charge in [-0.15, -0.1) is 0 Å². The number of halogens is 1. The Balaban J connectivity index is 1.73. The number of hydrogen-bond donors (Lipinski definition) is 2. The highest BCUT2D eigenvalue weighted by Gasteiger charge is 2.22. The van der Waals surface area contributed by atoms with Crippen LogP contribution in [0.1, 0.15) is 18.9 Å². The van der Waals surface area contributed by atoms with Gasteiger partial charge in [-0.3, -0.25) is 4.79 Å². The van der Waals surface area contributed by atoms with Crippen LogP contribution in [0.4, 0.5) is 0 Å². The van der Waals surface area contributed by atoms with Crippen LogP contribution in [0, 0.1) is 0 Å². The van der Waals surface area contributed by atoms with E-state index in [9.17, 15) is 4.79 Å². The molecule has 1 saturated heterocycles. The molecule has 4 nitrogen and oxygen atoms in total. The first kappa shape index (κ1) is 15.5. The van der Waals surface area contributed by atoms with E-state index in [1.54, 1.807) is 0 Å². The molecule has 1 aromatic rings. The van der Waals surface area contributed by atoms with Crippen molar-refractivity contribution >= 4 is 21.8 Å². The first-order chi connectivity index (χ1) is 9.65. The minimum Gasteiger partial charge on any atom is -0.366 e. The summed E-state index contributed by atoms with van der Waals surface area (Å²) in [4.78, 5) is 12.0. The molecule has 0 saturated carbocycles. The van der Waals surface area contributed by atoms with Crippen molar-refractivity contribution in [3.05, 3.63) is 34.3 Å². The van der Waals surface area contributed by atoms with Crippen LogP contribution in [0.5, 0.6) is 0 Å². The van der Waals surface area contributed by atoms with E-state index in [2.05, 4.69) is 38.7 Å². The summed E-state index contributed by atoms with van der Waals surface area (Å²) in [7, 11) is 0. The maximum Gasteiger partial charge on any atom is 0.250 e. The van der Waals surface area contributed by atoms with Crippen LogP contribution >= 0.6 is 15.9 Å². The van der Waals surface area contributed by atoms with Crippen LogP contribution < -0.4 is 10.6 Å². The van der Waals surface area contributed by atoms with Crippen molar-refractivity contribution in [3.63, 3.8) is 0 Å². The molecule has 1 aliphatic rings. The lowest BCUT2D eigenvalue weighted by Crippen LogP contribution is -2.49. The Morgan fingerprint density at radius 3 is 2.90 bits per heavy atom. The lowest BCUT2D eigenvalue weighted by molar-refractivity contribution is -0.134. The van der Waals surface area contributed by atoms with Crippen molar-refractivity contribution in [2.75, 3.05) is 19.7 Å². The molecule has 1 aromatic carbocycles. The van der Waals surface area contributed by atoms with Crippen LogP contribution in [0.3, 0.4) is 0 Å². The Morgan fingerprint density at radius 1 is 1.50 bits per heavy atom. The molecular weight excluding hydrogens is 320 g/mol. The summed E-state index contributed by atoms with van der Waals surface area (Å²) in [6.07, 6.45) is 1.53. The van der Waals surface area contributed by atoms with Crippen LogP contribution in [-0.2, 0) is 16.0 Å². The van der Waals surface area contributed by atoms with Crippen molar-refractivity contribution < 1.29 is 9.53 Å². The number of morpholine rings is 1. The molecule has 1 aliphatic heterocycles. The summed E-state index contributed by atoms with van der Waals surface area (Å²) >= 11 is 3.43. The number of ether oxygens (including phenoxy) is 1. The second-order valence-electron chi connectivity index (χ2n) is 5.14. The third kappa shape index (κ3) is 4.89. The minimum absolute atomic E-state index is 0.0134. The number of amides is 1. The zero-order chi connectivity index (χ0) is 14.4. The molecule has 5 heteroatoms. The number of nitrogens with one attached hydrogen (secondary N) is 2. The predicted octanol–water partition coefficient (Wildman–Crippen LogP) is 1.87. The Labute approximate surface area is 128 Å². The summed E-state index contributed by atoms with van der Waals surface area (Å²) in [5.74, 6) is -0.0134. The molecule has 2 unspecified atom stereocenters. The third-order valence-electron chi connectivity index (χ3n) is 3.39. The fourth-order valence-corrected chi connectivity index (χ4v) is 2.44. The number of rotatable bonds is 5. The Morgan fingerprint density at radius 2 is 2.25 bits per heavy atom. The number of benzene rings is 1. The topological polar surface area (TPSA) is 50.4 Å². The maximum absolute atomic E-state index is 12.0. The SMILES string of the molecule is CC(CCc1ccc(Br)cc1)NC(=O)C1CNCCO1. The maximum atomic E-state index is 12.0. The largest absolute Gasteiger partial charge is 0.366 e. The van der Waals surface area contributed by atoms with E-state index < -0.39 is 0 Å². The number of aryl methyl sites for hydroxylation is 1. The Bertz CT molecular complexity index is 430. The van der Waals surface area contributed by atoms with Crippen LogP contribution in [0.2, 0.25) is 0 Å². The van der Waals surface area contributed by atoms with Gasteiger partial charge in [-0.05, 0) is 37.5 Å². The number of carbonyl (C=O) groups is 1. The molecule has 0 radical (unpaired) electrons. The van der Waals surface area contributed by atoms with E-state index in [1.165, 1.54) is 5.56 Å². The predicted molar refractivity (Wildman–Crippen MR) is 82.7 cm³/mol. The summed E-state index contributed by atoms with van der Waals surface area (Å²) in [5.41, 5.74) is 1.28. The molecule has 1 amide bonds. The first-order valence-electron chi connectivity index (χ1n) is 7.02. The highest BCUT2D eigenvalue weighted by atomic mass is 79.9. The second-order valence-corrected chi connectivity index (χ2v) is 6.05. The van der Waals surface area contributed by atoms with Gasteiger partial charge in [0.1, 0.15) is 6.10 Å². The van der Waals surface area contributed by atoms with Crippen LogP contribution in [-0.4, -0.2) is 37.7 Å². The molecule has 1 heterocycles. The average molecular weight is 341 g/mol. The number of hydrogen-bond acceptors (Lipinski definition) is 3. The molecule has 20 heavy (non-hydrogen) atoms. The second kappa shape index (κ2) is 7.76. The molecule has 2 rings (SSSR count).